The zero-order chi connectivity index (χ0) is 23.8. The topological polar surface area (TPSA) is 83.3 Å². The van der Waals surface area contributed by atoms with E-state index in [1.807, 2.05) is 31.2 Å². The van der Waals surface area contributed by atoms with E-state index in [2.05, 4.69) is 20.5 Å². The molecule has 1 aromatic heterocycles. The van der Waals surface area contributed by atoms with Crippen LogP contribution in [-0.2, 0) is 6.18 Å². The van der Waals surface area contributed by atoms with Crippen LogP contribution in [0.2, 0.25) is 0 Å². The number of alkyl halides is 3. The second-order valence-electron chi connectivity index (χ2n) is 8.18. The number of nitro benzene ring substituents is 1. The number of benzene rings is 2. The average Bonchev–Trinajstić information content (AvgIpc) is 2.78. The lowest BCUT2D eigenvalue weighted by molar-refractivity contribution is -0.385. The van der Waals surface area contributed by atoms with Crippen LogP contribution in [0.5, 0.6) is 0 Å². The largest absolute Gasteiger partial charge is 0.416 e. The second-order valence-corrected chi connectivity index (χ2v) is 8.18. The van der Waals surface area contributed by atoms with Gasteiger partial charge in [0.15, 0.2) is 0 Å². The molecule has 11 heteroatoms. The van der Waals surface area contributed by atoms with Gasteiger partial charge in [0, 0.05) is 66.8 Å². The summed E-state index contributed by atoms with van der Waals surface area (Å²) in [6, 6.07) is 9.89. The molecule has 2 aromatic carbocycles. The van der Waals surface area contributed by atoms with Crippen molar-refractivity contribution in [2.24, 2.45) is 0 Å². The number of rotatable bonds is 5. The monoisotopic (exact) mass is 495 g/mol. The molecular formula is C23H25ClF3N5O2. The lowest BCUT2D eigenvalue weighted by Crippen LogP contribution is -2.43. The molecule has 182 valence electrons. The molecular weight excluding hydrogens is 471 g/mol. The van der Waals surface area contributed by atoms with Gasteiger partial charge in [-0.1, -0.05) is 0 Å². The molecule has 0 spiro atoms. The molecule has 1 unspecified atom stereocenters. The molecule has 2 N–H and O–H groups in total. The standard InChI is InChI=1S/C23H24F3N5O2.ClH/c1-14-9-22(20-13-18(3-4-21(20)28-14)30-7-5-27-6-8-30)29-15(2)16-10-17(23(24,25)26)12-19(11-16)31(32)33;/h3-4,9-13,15,27H,5-8H2,1-2H3,(H,28,29);1H. The van der Waals surface area contributed by atoms with Crippen molar-refractivity contribution in [3.05, 3.63) is 69.4 Å². The Hall–Kier alpha value is -3.11. The minimum atomic E-state index is -4.68. The number of pyridine rings is 1. The van der Waals surface area contributed by atoms with E-state index >= 15 is 0 Å². The Kier molecular flexibility index (Phi) is 7.52. The van der Waals surface area contributed by atoms with Crippen molar-refractivity contribution in [2.45, 2.75) is 26.1 Å². The summed E-state index contributed by atoms with van der Waals surface area (Å²) >= 11 is 0. The minimum absolute atomic E-state index is 0. The summed E-state index contributed by atoms with van der Waals surface area (Å²) < 4.78 is 40.0. The number of nitrogens with one attached hydrogen (secondary N) is 2. The van der Waals surface area contributed by atoms with Crippen LogP contribution < -0.4 is 15.5 Å². The molecule has 0 saturated carbocycles. The second kappa shape index (κ2) is 10.0. The van der Waals surface area contributed by atoms with Gasteiger partial charge in [-0.2, -0.15) is 13.2 Å². The van der Waals surface area contributed by atoms with Gasteiger partial charge in [0.05, 0.1) is 16.0 Å². The van der Waals surface area contributed by atoms with Gasteiger partial charge in [0.1, 0.15) is 0 Å². The van der Waals surface area contributed by atoms with E-state index in [0.717, 1.165) is 54.5 Å². The molecule has 1 aliphatic heterocycles. The quantitative estimate of drug-likeness (QED) is 0.360. The Balaban J connectivity index is 0.00000324. The van der Waals surface area contributed by atoms with Gasteiger partial charge in [-0.25, -0.2) is 0 Å². The van der Waals surface area contributed by atoms with Gasteiger partial charge >= 0.3 is 6.18 Å². The maximum absolute atomic E-state index is 13.3. The first-order valence-electron chi connectivity index (χ1n) is 10.6. The van der Waals surface area contributed by atoms with Gasteiger partial charge in [-0.05, 0) is 49.7 Å². The van der Waals surface area contributed by atoms with E-state index in [-0.39, 0.29) is 18.0 Å². The molecule has 0 amide bonds. The maximum atomic E-state index is 13.3. The normalized spacial score (nSPS) is 15.0. The Bertz CT molecular complexity index is 1200. The van der Waals surface area contributed by atoms with E-state index in [4.69, 9.17) is 0 Å². The molecule has 1 saturated heterocycles. The van der Waals surface area contributed by atoms with Crippen LogP contribution >= 0.6 is 12.4 Å². The van der Waals surface area contributed by atoms with Crippen LogP contribution in [0.3, 0.4) is 0 Å². The molecule has 1 atom stereocenters. The summed E-state index contributed by atoms with van der Waals surface area (Å²) in [5, 5.41) is 18.6. The first-order valence-corrected chi connectivity index (χ1v) is 10.6. The van der Waals surface area contributed by atoms with Gasteiger partial charge in [-0.3, -0.25) is 15.1 Å². The van der Waals surface area contributed by atoms with Crippen molar-refractivity contribution in [3.8, 4) is 0 Å². The summed E-state index contributed by atoms with van der Waals surface area (Å²) in [6.45, 7) is 7.05. The van der Waals surface area contributed by atoms with Crippen LogP contribution in [0.1, 0.15) is 29.8 Å². The molecule has 0 bridgehead atoms. The smallest absolute Gasteiger partial charge is 0.378 e. The van der Waals surface area contributed by atoms with E-state index in [1.54, 1.807) is 6.92 Å². The Morgan fingerprint density at radius 1 is 1.15 bits per heavy atom. The zero-order valence-electron chi connectivity index (χ0n) is 18.6. The van der Waals surface area contributed by atoms with Crippen molar-refractivity contribution in [1.82, 2.24) is 10.3 Å². The van der Waals surface area contributed by atoms with Crippen LogP contribution in [-0.4, -0.2) is 36.1 Å². The fraction of sp³-hybridized carbons (Fsp3) is 0.348. The summed E-state index contributed by atoms with van der Waals surface area (Å²) in [5.74, 6) is 0. The summed E-state index contributed by atoms with van der Waals surface area (Å²) in [7, 11) is 0. The molecule has 0 radical (unpaired) electrons. The lowest BCUT2D eigenvalue weighted by Gasteiger charge is -2.30. The van der Waals surface area contributed by atoms with Gasteiger partial charge in [0.25, 0.3) is 5.69 Å². The van der Waals surface area contributed by atoms with Crippen molar-refractivity contribution in [2.75, 3.05) is 36.4 Å². The summed E-state index contributed by atoms with van der Waals surface area (Å²) in [5.41, 5.74) is 1.81. The van der Waals surface area contributed by atoms with Crippen molar-refractivity contribution < 1.29 is 18.1 Å². The highest BCUT2D eigenvalue weighted by atomic mass is 35.5. The van der Waals surface area contributed by atoms with Gasteiger partial charge in [0.2, 0.25) is 0 Å². The molecule has 3 aromatic rings. The predicted molar refractivity (Wildman–Crippen MR) is 129 cm³/mol. The average molecular weight is 496 g/mol. The Labute approximate surface area is 200 Å². The zero-order valence-corrected chi connectivity index (χ0v) is 19.5. The maximum Gasteiger partial charge on any atom is 0.416 e. The highest BCUT2D eigenvalue weighted by Crippen LogP contribution is 2.36. The molecule has 7 nitrogen and oxygen atoms in total. The number of aryl methyl sites for hydroxylation is 1. The molecule has 1 aliphatic rings. The van der Waals surface area contributed by atoms with Crippen molar-refractivity contribution in [3.63, 3.8) is 0 Å². The molecule has 1 fully saturated rings. The first-order chi connectivity index (χ1) is 15.6. The molecule has 4 rings (SSSR count). The molecule has 34 heavy (non-hydrogen) atoms. The fourth-order valence-electron chi connectivity index (χ4n) is 4.06. The third-order valence-corrected chi connectivity index (χ3v) is 5.75. The third-order valence-electron chi connectivity index (χ3n) is 5.75. The number of anilines is 2. The van der Waals surface area contributed by atoms with Crippen LogP contribution in [0, 0.1) is 17.0 Å². The molecule has 0 aliphatic carbocycles. The first kappa shape index (κ1) is 25.5. The highest BCUT2D eigenvalue weighted by Gasteiger charge is 2.33. The van der Waals surface area contributed by atoms with Crippen LogP contribution in [0.25, 0.3) is 10.9 Å². The number of nitro groups is 1. The van der Waals surface area contributed by atoms with Crippen LogP contribution in [0.15, 0.2) is 42.5 Å². The van der Waals surface area contributed by atoms with Gasteiger partial charge < -0.3 is 15.5 Å². The van der Waals surface area contributed by atoms with Crippen LogP contribution in [0.4, 0.5) is 30.2 Å². The number of halogens is 4. The number of aromatic nitrogens is 1. The Morgan fingerprint density at radius 2 is 1.85 bits per heavy atom. The highest BCUT2D eigenvalue weighted by molar-refractivity contribution is 5.94. The van der Waals surface area contributed by atoms with E-state index in [1.165, 1.54) is 6.07 Å². The van der Waals surface area contributed by atoms with Crippen molar-refractivity contribution >= 4 is 40.4 Å². The van der Waals surface area contributed by atoms with Crippen molar-refractivity contribution in [1.29, 1.82) is 0 Å². The minimum Gasteiger partial charge on any atom is -0.378 e. The summed E-state index contributed by atoms with van der Waals surface area (Å²) in [6.07, 6.45) is -4.68. The fourth-order valence-corrected chi connectivity index (χ4v) is 4.06. The van der Waals surface area contributed by atoms with E-state index in [9.17, 15) is 23.3 Å². The van der Waals surface area contributed by atoms with Gasteiger partial charge in [-0.15, -0.1) is 12.4 Å². The Morgan fingerprint density at radius 3 is 2.50 bits per heavy atom. The number of non-ortho nitro benzene ring substituents is 1. The van der Waals surface area contributed by atoms with E-state index < -0.39 is 28.4 Å². The summed E-state index contributed by atoms with van der Waals surface area (Å²) in [4.78, 5) is 17.3. The number of fused-ring (bicyclic) bond motifs is 1. The predicted octanol–water partition coefficient (Wildman–Crippen LogP) is 5.47. The number of hydrogen-bond acceptors (Lipinski definition) is 6. The number of piperazine rings is 1. The SMILES string of the molecule is Cc1cc(NC(C)c2cc([N+](=O)[O-])cc(C(F)(F)F)c2)c2cc(N3CCNCC3)ccc2n1.Cl. The lowest BCUT2D eigenvalue weighted by atomic mass is 10.0. The number of nitrogens with zero attached hydrogens (tertiary/aromatic N) is 3. The third kappa shape index (κ3) is 5.51. The number of hydrogen-bond donors (Lipinski definition) is 2. The molecule has 2 heterocycles. The van der Waals surface area contributed by atoms with E-state index in [0.29, 0.717) is 11.8 Å².